The number of ether oxygens (including phenoxy) is 2. The molecule has 0 spiro atoms. The molecule has 2 bridgehead atoms. The van der Waals surface area contributed by atoms with Crippen molar-refractivity contribution >= 4 is 17.9 Å². The van der Waals surface area contributed by atoms with Gasteiger partial charge in [-0.15, -0.1) is 0 Å². The van der Waals surface area contributed by atoms with Crippen molar-refractivity contribution in [2.75, 3.05) is 13.2 Å². The summed E-state index contributed by atoms with van der Waals surface area (Å²) in [7, 11) is 0. The fourth-order valence-corrected chi connectivity index (χ4v) is 12.0. The van der Waals surface area contributed by atoms with Crippen LogP contribution in [0.5, 0.6) is 11.5 Å². The van der Waals surface area contributed by atoms with Crippen LogP contribution in [-0.2, 0) is 58.4 Å². The lowest BCUT2D eigenvalue weighted by Gasteiger charge is -2.82. The third-order valence-corrected chi connectivity index (χ3v) is 15.0. The van der Waals surface area contributed by atoms with Gasteiger partial charge >= 0.3 is 17.9 Å². The van der Waals surface area contributed by atoms with Crippen molar-refractivity contribution in [3.63, 3.8) is 0 Å². The largest absolute Gasteiger partial charge is 0.507 e. The molecule has 65 heavy (non-hydrogen) atoms. The Bertz CT molecular complexity index is 1960. The van der Waals surface area contributed by atoms with Crippen LogP contribution in [0.15, 0.2) is 35.9 Å². The van der Waals surface area contributed by atoms with E-state index in [1.807, 2.05) is 24.3 Å². The Morgan fingerprint density at radius 2 is 0.938 bits per heavy atom. The summed E-state index contributed by atoms with van der Waals surface area (Å²) < 4.78 is 12.8. The minimum absolute atomic E-state index is 0.0427. The predicted molar refractivity (Wildman–Crippen MR) is 261 cm³/mol. The molecule has 0 amide bonds. The number of aliphatic hydroxyl groups excluding tert-OH is 1. The number of aliphatic hydroxyl groups is 1. The van der Waals surface area contributed by atoms with Gasteiger partial charge in [-0.25, -0.2) is 0 Å². The molecule has 0 saturated heterocycles. The van der Waals surface area contributed by atoms with E-state index >= 15 is 0 Å². The van der Waals surface area contributed by atoms with E-state index in [4.69, 9.17) is 9.47 Å². The number of phenolic OH excluding ortho intramolecular Hbond substituents is 2. The molecule has 2 aromatic carbocycles. The highest BCUT2D eigenvalue weighted by Gasteiger charge is 2.85. The van der Waals surface area contributed by atoms with Crippen LogP contribution in [0, 0.1) is 33.0 Å². The van der Waals surface area contributed by atoms with E-state index < -0.39 is 51.1 Å². The van der Waals surface area contributed by atoms with Gasteiger partial charge in [0.15, 0.2) is 0 Å². The van der Waals surface area contributed by atoms with Gasteiger partial charge in [0.2, 0.25) is 0 Å². The Morgan fingerprint density at radius 3 is 1.22 bits per heavy atom. The predicted octanol–water partition coefficient (Wildman–Crippen LogP) is 12.2. The summed E-state index contributed by atoms with van der Waals surface area (Å²) in [5.74, 6) is -1.57. The number of phenols is 2. The van der Waals surface area contributed by atoms with Crippen molar-refractivity contribution in [2.24, 2.45) is 33.0 Å². The van der Waals surface area contributed by atoms with E-state index in [1.165, 1.54) is 0 Å². The molecule has 4 atom stereocenters. The van der Waals surface area contributed by atoms with Crippen LogP contribution < -0.4 is 0 Å². The van der Waals surface area contributed by atoms with E-state index in [-0.39, 0.29) is 78.0 Å². The molecule has 0 aliphatic heterocycles. The Morgan fingerprint density at radius 1 is 0.585 bits per heavy atom. The zero-order chi connectivity index (χ0) is 49.9. The van der Waals surface area contributed by atoms with Crippen LogP contribution in [0.25, 0.3) is 0 Å². The maximum absolute atomic E-state index is 14.2. The van der Waals surface area contributed by atoms with Crippen LogP contribution in [0.2, 0.25) is 0 Å². The minimum Gasteiger partial charge on any atom is -0.507 e. The normalized spacial score (nSPS) is 22.5. The number of carboxylic acids is 1. The minimum atomic E-state index is -1.19. The number of hydrogen-bond donors (Lipinski definition) is 4. The lowest BCUT2D eigenvalue weighted by molar-refractivity contribution is -0.367. The SMILES string of the molecule is CCC1C2(CCC(=O)O)C=C(C(C)(C)C)C(O)C1(C(C)(C)C)C2(COC(=O)CCc1cc(C(C)(C)C)c(O)c(C(C)(C)C)c1)COC(=O)CCc1cc(C(C)(C)C)c(O)c(C(C)(C)C)c1. The molecule has 1 fully saturated rings. The third-order valence-electron chi connectivity index (χ3n) is 15.0. The first-order valence-electron chi connectivity index (χ1n) is 24.0. The van der Waals surface area contributed by atoms with E-state index in [9.17, 15) is 34.8 Å². The summed E-state index contributed by atoms with van der Waals surface area (Å²) in [5.41, 5.74) is 0.247. The quantitative estimate of drug-likeness (QED) is 0.107. The Balaban J connectivity index is 1.81. The number of aliphatic carboxylic acids is 1. The van der Waals surface area contributed by atoms with Gasteiger partial charge in [-0.1, -0.05) is 168 Å². The molecule has 1 saturated carbocycles. The molecule has 364 valence electrons. The molecular formula is C56H86O9. The summed E-state index contributed by atoms with van der Waals surface area (Å²) in [6.45, 7) is 38.7. The van der Waals surface area contributed by atoms with Gasteiger partial charge in [-0.2, -0.15) is 0 Å². The van der Waals surface area contributed by atoms with Gasteiger partial charge in [0, 0.05) is 30.1 Å². The standard InChI is InChI=1S/C56H86O9/c1-20-41-54(26-25-42(57)58)31-40(52(14,15)16)47(63)56(41,53(17,18)19)55(54,32-64-43(59)23-21-34-27-36(48(2,3)4)45(61)37(28-34)49(5,6)7)33-65-44(60)24-22-35-29-38(50(8,9)10)46(62)39(30-35)51(11,12)13/h27-31,41,47,61-63H,20-26,32-33H2,1-19H3,(H,57,58). The van der Waals surface area contributed by atoms with Gasteiger partial charge in [0.05, 0.1) is 11.5 Å². The Labute approximate surface area is 392 Å². The topological polar surface area (TPSA) is 151 Å². The second-order valence-corrected chi connectivity index (χ2v) is 25.7. The third kappa shape index (κ3) is 10.1. The van der Waals surface area contributed by atoms with Gasteiger partial charge in [0.25, 0.3) is 0 Å². The number of carboxylic acid groups (broad SMARTS) is 1. The van der Waals surface area contributed by atoms with Gasteiger partial charge < -0.3 is 29.9 Å². The van der Waals surface area contributed by atoms with Gasteiger partial charge in [-0.3, -0.25) is 14.4 Å². The number of carbonyl (C=O) groups is 3. The summed E-state index contributed by atoms with van der Waals surface area (Å²) in [6.07, 6.45) is 2.54. The highest BCUT2D eigenvalue weighted by molar-refractivity contribution is 5.71. The van der Waals surface area contributed by atoms with Gasteiger partial charge in [0.1, 0.15) is 24.7 Å². The van der Waals surface area contributed by atoms with Crippen LogP contribution in [0.4, 0.5) is 0 Å². The molecule has 0 aromatic heterocycles. The average molecular weight is 903 g/mol. The lowest BCUT2D eigenvalue weighted by Crippen LogP contribution is -2.84. The maximum atomic E-state index is 14.2. The number of esters is 2. The number of carbonyl (C=O) groups excluding carboxylic acids is 2. The molecule has 2 aliphatic carbocycles. The zero-order valence-corrected chi connectivity index (χ0v) is 43.7. The Kier molecular flexibility index (Phi) is 14.9. The van der Waals surface area contributed by atoms with Crippen molar-refractivity contribution in [1.82, 2.24) is 0 Å². The number of fused-ring (bicyclic) bond motifs is 2. The molecular weight excluding hydrogens is 817 g/mol. The maximum Gasteiger partial charge on any atom is 0.306 e. The Hall–Kier alpha value is -3.85. The van der Waals surface area contributed by atoms with Crippen molar-refractivity contribution < 1.29 is 44.3 Å². The molecule has 4 unspecified atom stereocenters. The highest BCUT2D eigenvalue weighted by atomic mass is 16.5. The lowest BCUT2D eigenvalue weighted by atomic mass is 9.21. The fourth-order valence-electron chi connectivity index (χ4n) is 12.0. The van der Waals surface area contributed by atoms with Crippen LogP contribution in [0.3, 0.4) is 0 Å². The number of allylic oxidation sites excluding steroid dienone is 1. The first-order valence-corrected chi connectivity index (χ1v) is 24.0. The summed E-state index contributed by atoms with van der Waals surface area (Å²) in [5, 5.41) is 45.9. The average Bonchev–Trinajstić information content (AvgIpc) is 3.13. The number of rotatable bonds is 14. The van der Waals surface area contributed by atoms with Crippen molar-refractivity contribution in [3.8, 4) is 11.5 Å². The first kappa shape index (κ1) is 53.8. The van der Waals surface area contributed by atoms with Crippen molar-refractivity contribution in [1.29, 1.82) is 0 Å². The van der Waals surface area contributed by atoms with E-state index in [2.05, 4.69) is 138 Å². The molecule has 4 N–H and O–H groups in total. The molecule has 0 heterocycles. The summed E-state index contributed by atoms with van der Waals surface area (Å²) >= 11 is 0. The molecule has 9 nitrogen and oxygen atoms in total. The van der Waals surface area contributed by atoms with E-state index in [0.717, 1.165) is 39.0 Å². The van der Waals surface area contributed by atoms with Gasteiger partial charge in [-0.05, 0) is 96.6 Å². The van der Waals surface area contributed by atoms with Crippen LogP contribution in [0.1, 0.15) is 197 Å². The van der Waals surface area contributed by atoms with E-state index in [0.29, 0.717) is 19.3 Å². The smallest absolute Gasteiger partial charge is 0.306 e. The zero-order valence-electron chi connectivity index (χ0n) is 43.7. The summed E-state index contributed by atoms with van der Waals surface area (Å²) in [4.78, 5) is 40.9. The summed E-state index contributed by atoms with van der Waals surface area (Å²) in [6, 6.07) is 7.88. The second kappa shape index (κ2) is 18.0. The van der Waals surface area contributed by atoms with Crippen LogP contribution in [-0.4, -0.2) is 57.7 Å². The molecule has 2 aliphatic rings. The highest BCUT2D eigenvalue weighted by Crippen LogP contribution is 2.84. The fraction of sp³-hybridized carbons (Fsp3) is 0.696. The monoisotopic (exact) mass is 903 g/mol. The number of hydrogen-bond acceptors (Lipinski definition) is 8. The van der Waals surface area contributed by atoms with Crippen molar-refractivity contribution in [2.45, 2.75) is 204 Å². The van der Waals surface area contributed by atoms with Crippen LogP contribution >= 0.6 is 0 Å². The van der Waals surface area contributed by atoms with Crippen molar-refractivity contribution in [3.05, 3.63) is 69.3 Å². The molecule has 4 rings (SSSR count). The number of benzene rings is 2. The number of aromatic hydroxyl groups is 2. The molecule has 2 aromatic rings. The second-order valence-electron chi connectivity index (χ2n) is 25.7. The molecule has 0 radical (unpaired) electrons. The number of aryl methyl sites for hydroxylation is 2. The molecule has 9 heteroatoms. The van der Waals surface area contributed by atoms with E-state index in [1.54, 1.807) is 0 Å². The first-order chi connectivity index (χ1) is 29.3.